The summed E-state index contributed by atoms with van der Waals surface area (Å²) in [7, 11) is -4.83. The number of halogens is 6. The Labute approximate surface area is 210 Å². The lowest BCUT2D eigenvalue weighted by molar-refractivity contribution is -0.274. The number of anilines is 1. The van der Waals surface area contributed by atoms with Crippen LogP contribution < -0.4 is 19.5 Å². The van der Waals surface area contributed by atoms with Gasteiger partial charge in [-0.25, -0.2) is 17.2 Å². The maximum Gasteiger partial charge on any atom is 0.573 e. The third-order valence-corrected chi connectivity index (χ3v) is 6.67. The van der Waals surface area contributed by atoms with Gasteiger partial charge in [0, 0.05) is 22.8 Å². The van der Waals surface area contributed by atoms with Gasteiger partial charge in [-0.15, -0.1) is 13.2 Å². The van der Waals surface area contributed by atoms with E-state index < -0.39 is 66.6 Å². The predicted molar refractivity (Wildman–Crippen MR) is 120 cm³/mol. The largest absolute Gasteiger partial charge is 0.573 e. The fourth-order valence-electron chi connectivity index (χ4n) is 3.41. The highest BCUT2D eigenvalue weighted by Crippen LogP contribution is 2.40. The average molecular weight is 565 g/mol. The molecule has 3 aromatic carbocycles. The Hall–Kier alpha value is -3.78. The molecule has 0 aliphatic carbocycles. The van der Waals surface area contributed by atoms with Crippen LogP contribution >= 0.6 is 11.6 Å². The highest BCUT2D eigenvalue weighted by molar-refractivity contribution is 7.92. The molecule has 0 fully saturated rings. The Kier molecular flexibility index (Phi) is 6.81. The van der Waals surface area contributed by atoms with Crippen molar-refractivity contribution in [2.75, 3.05) is 17.9 Å². The van der Waals surface area contributed by atoms with E-state index in [1.807, 2.05) is 4.72 Å². The first-order chi connectivity index (χ1) is 17.2. The molecular weight excluding hydrogens is 551 g/mol. The maximum atomic E-state index is 14.8. The van der Waals surface area contributed by atoms with Crippen molar-refractivity contribution in [3.05, 3.63) is 64.7 Å². The van der Waals surface area contributed by atoms with Gasteiger partial charge in [0.25, 0.3) is 15.9 Å². The third kappa shape index (κ3) is 5.64. The molecule has 0 aromatic heterocycles. The minimum absolute atomic E-state index is 0.181. The number of ether oxygens (including phenoxy) is 2. The molecule has 0 unspecified atom stereocenters. The van der Waals surface area contributed by atoms with Gasteiger partial charge < -0.3 is 19.9 Å². The van der Waals surface area contributed by atoms with E-state index >= 15 is 0 Å². The van der Waals surface area contributed by atoms with Crippen molar-refractivity contribution in [2.45, 2.75) is 11.3 Å². The molecule has 0 atom stereocenters. The molecule has 0 radical (unpaired) electrons. The van der Waals surface area contributed by atoms with Crippen LogP contribution in [0.15, 0.2) is 47.4 Å². The molecule has 196 valence electrons. The van der Waals surface area contributed by atoms with Crippen LogP contribution in [0.1, 0.15) is 10.4 Å². The summed E-state index contributed by atoms with van der Waals surface area (Å²) < 4.78 is 105. The monoisotopic (exact) mass is 564 g/mol. The SMILES string of the molecule is O=C1NCCOc2ccc(OC(F)(F)F)cc2-c2cc(c(F)cc2F)NS(=O)(=O)c2cc1cc(Cl)c2O. The second-order valence-electron chi connectivity index (χ2n) is 7.53. The summed E-state index contributed by atoms with van der Waals surface area (Å²) in [6.07, 6.45) is -5.08. The normalized spacial score (nSPS) is 15.2. The standard InChI is InChI=1S/C22H14ClF5N2O6S/c23-14-5-10-6-19(20(14)31)37(33,34)30-17-8-12(15(24)9-16(17)25)13-7-11(36-22(26,27)28)1-2-18(13)35-4-3-29-21(10)32/h1-2,5-9,30-31H,3-4H2,(H,29,32). The summed E-state index contributed by atoms with van der Waals surface area (Å²) in [5.74, 6) is -5.36. The minimum Gasteiger partial charge on any atom is -0.505 e. The number of carbonyl (C=O) groups is 1. The number of hydrogen-bond acceptors (Lipinski definition) is 6. The average Bonchev–Trinajstić information content (AvgIpc) is 2.79. The number of aromatic hydroxyl groups is 1. The number of phenols is 1. The molecule has 8 nitrogen and oxygen atoms in total. The molecule has 4 bridgehead atoms. The summed E-state index contributed by atoms with van der Waals surface area (Å²) in [5, 5.41) is 12.1. The first kappa shape index (κ1) is 26.3. The number of hydrogen-bond donors (Lipinski definition) is 3. The third-order valence-electron chi connectivity index (χ3n) is 5.00. The van der Waals surface area contributed by atoms with E-state index in [0.29, 0.717) is 12.1 Å². The Balaban J connectivity index is 1.92. The first-order valence-electron chi connectivity index (χ1n) is 10.1. The van der Waals surface area contributed by atoms with Gasteiger partial charge in [-0.2, -0.15) is 0 Å². The Morgan fingerprint density at radius 1 is 1.03 bits per heavy atom. The number of nitrogens with one attached hydrogen (secondary N) is 2. The van der Waals surface area contributed by atoms with Gasteiger partial charge in [0.15, 0.2) is 5.75 Å². The number of rotatable bonds is 1. The number of amides is 1. The van der Waals surface area contributed by atoms with Crippen molar-refractivity contribution in [3.63, 3.8) is 0 Å². The molecule has 3 aromatic rings. The van der Waals surface area contributed by atoms with E-state index in [1.54, 1.807) is 0 Å². The fraction of sp³-hybridized carbons (Fsp3) is 0.136. The summed E-state index contributed by atoms with van der Waals surface area (Å²) in [6, 6.07) is 5.47. The van der Waals surface area contributed by atoms with E-state index in [2.05, 4.69) is 10.1 Å². The van der Waals surface area contributed by atoms with Crippen LogP contribution in [0.25, 0.3) is 11.1 Å². The van der Waals surface area contributed by atoms with E-state index in [-0.39, 0.29) is 30.0 Å². The van der Waals surface area contributed by atoms with E-state index in [0.717, 1.165) is 30.3 Å². The molecule has 1 heterocycles. The molecule has 3 N–H and O–H groups in total. The van der Waals surface area contributed by atoms with Crippen molar-refractivity contribution < 1.29 is 49.7 Å². The molecule has 1 aliphatic rings. The molecule has 0 saturated carbocycles. The molecular formula is C22H14ClF5N2O6S. The minimum atomic E-state index is -5.08. The van der Waals surface area contributed by atoms with E-state index in [9.17, 15) is 40.3 Å². The molecule has 4 rings (SSSR count). The van der Waals surface area contributed by atoms with Crippen molar-refractivity contribution in [2.24, 2.45) is 0 Å². The lowest BCUT2D eigenvalue weighted by Crippen LogP contribution is -2.28. The smallest absolute Gasteiger partial charge is 0.505 e. The van der Waals surface area contributed by atoms with Crippen LogP contribution in [0, 0.1) is 11.6 Å². The molecule has 1 amide bonds. The summed E-state index contributed by atoms with van der Waals surface area (Å²) in [5.41, 5.74) is -1.98. The summed E-state index contributed by atoms with van der Waals surface area (Å²) >= 11 is 5.88. The topological polar surface area (TPSA) is 114 Å². The molecule has 0 spiro atoms. The second kappa shape index (κ2) is 9.59. The number of alkyl halides is 3. The zero-order valence-electron chi connectivity index (χ0n) is 18.1. The van der Waals surface area contributed by atoms with Crippen molar-refractivity contribution >= 4 is 33.2 Å². The van der Waals surface area contributed by atoms with Gasteiger partial charge in [0.05, 0.1) is 17.3 Å². The van der Waals surface area contributed by atoms with Crippen molar-refractivity contribution in [1.82, 2.24) is 5.32 Å². The van der Waals surface area contributed by atoms with Crippen LogP contribution in [-0.4, -0.2) is 38.9 Å². The van der Waals surface area contributed by atoms with Gasteiger partial charge in [-0.3, -0.25) is 9.52 Å². The summed E-state index contributed by atoms with van der Waals surface area (Å²) in [6.45, 7) is -0.446. The van der Waals surface area contributed by atoms with Crippen molar-refractivity contribution in [3.8, 4) is 28.4 Å². The van der Waals surface area contributed by atoms with Crippen LogP contribution in [0.5, 0.6) is 17.2 Å². The van der Waals surface area contributed by atoms with Gasteiger partial charge >= 0.3 is 6.36 Å². The lowest BCUT2D eigenvalue weighted by Gasteiger charge is -2.17. The molecule has 0 saturated heterocycles. The molecule has 1 aliphatic heterocycles. The number of sulfonamides is 1. The van der Waals surface area contributed by atoms with Crippen LogP contribution in [-0.2, 0) is 10.0 Å². The van der Waals surface area contributed by atoms with Crippen molar-refractivity contribution in [1.29, 1.82) is 0 Å². The quantitative estimate of drug-likeness (QED) is 0.366. The maximum absolute atomic E-state index is 14.8. The number of phenolic OH excluding ortho intramolecular Hbond substituents is 1. The highest BCUT2D eigenvalue weighted by atomic mass is 35.5. The number of carbonyl (C=O) groups excluding carboxylic acids is 1. The zero-order valence-corrected chi connectivity index (χ0v) is 19.7. The van der Waals surface area contributed by atoms with Crippen LogP contribution in [0.3, 0.4) is 0 Å². The predicted octanol–water partition coefficient (Wildman–Crippen LogP) is 4.81. The highest BCUT2D eigenvalue weighted by Gasteiger charge is 2.32. The molecule has 37 heavy (non-hydrogen) atoms. The molecule has 15 heteroatoms. The number of fused-ring (bicyclic) bond motifs is 6. The van der Waals surface area contributed by atoms with Gasteiger partial charge in [-0.1, -0.05) is 11.6 Å². The summed E-state index contributed by atoms with van der Waals surface area (Å²) in [4.78, 5) is 11.6. The van der Waals surface area contributed by atoms with Gasteiger partial charge in [0.2, 0.25) is 0 Å². The Bertz CT molecular complexity index is 1510. The number of benzene rings is 3. The zero-order chi connectivity index (χ0) is 27.1. The first-order valence-corrected chi connectivity index (χ1v) is 12.0. The van der Waals surface area contributed by atoms with Crippen LogP contribution in [0.2, 0.25) is 5.02 Å². The lowest BCUT2D eigenvalue weighted by atomic mass is 10.0. The second-order valence-corrected chi connectivity index (χ2v) is 9.59. The fourth-order valence-corrected chi connectivity index (χ4v) is 4.89. The van der Waals surface area contributed by atoms with E-state index in [1.165, 1.54) is 0 Å². The van der Waals surface area contributed by atoms with E-state index in [4.69, 9.17) is 16.3 Å². The Morgan fingerprint density at radius 2 is 1.76 bits per heavy atom. The van der Waals surface area contributed by atoms with Gasteiger partial charge in [-0.05, 0) is 36.4 Å². The van der Waals surface area contributed by atoms with Gasteiger partial charge in [0.1, 0.15) is 34.6 Å². The van der Waals surface area contributed by atoms with Crippen LogP contribution in [0.4, 0.5) is 27.6 Å². The Morgan fingerprint density at radius 3 is 2.46 bits per heavy atom.